The number of hydroxylamine groups is 1. The number of aldehydes is 1. The third-order valence-corrected chi connectivity index (χ3v) is 1.56. The molecule has 0 unspecified atom stereocenters. The van der Waals surface area contributed by atoms with Crippen molar-refractivity contribution in [1.29, 1.82) is 0 Å². The summed E-state index contributed by atoms with van der Waals surface area (Å²) in [6.07, 6.45) is 0.797. The summed E-state index contributed by atoms with van der Waals surface area (Å²) >= 11 is 0. The van der Waals surface area contributed by atoms with Crippen LogP contribution < -0.4 is 5.48 Å². The average molecular weight is 179 g/mol. The minimum absolute atomic E-state index is 0.260. The molecule has 0 aliphatic heterocycles. The van der Waals surface area contributed by atoms with Crippen LogP contribution in [-0.2, 0) is 16.2 Å². The lowest BCUT2D eigenvalue weighted by Gasteiger charge is -2.07. The smallest absolute Gasteiger partial charge is 0.138 e. The second kappa shape index (κ2) is 5.45. The van der Waals surface area contributed by atoms with Crippen LogP contribution in [0.3, 0.4) is 0 Å². The van der Waals surface area contributed by atoms with Crippen LogP contribution in [-0.4, -0.2) is 12.3 Å². The van der Waals surface area contributed by atoms with Gasteiger partial charge in [0.1, 0.15) is 6.29 Å². The predicted octanol–water partition coefficient (Wildman–Crippen LogP) is 1.30. The van der Waals surface area contributed by atoms with Crippen LogP contribution in [0.25, 0.3) is 0 Å². The summed E-state index contributed by atoms with van der Waals surface area (Å²) in [4.78, 5) is 15.3. The first-order chi connectivity index (χ1) is 6.33. The molecule has 3 heteroatoms. The number of carbonyl (C=O) groups excluding carboxylic acids is 1. The fourth-order valence-electron chi connectivity index (χ4n) is 0.858. The SMILES string of the molecule is C[C@@H](C=O)NOCc1ccccc1. The molecule has 3 nitrogen and oxygen atoms in total. The summed E-state index contributed by atoms with van der Waals surface area (Å²) in [5.41, 5.74) is 3.69. The van der Waals surface area contributed by atoms with Gasteiger partial charge in [0.2, 0.25) is 0 Å². The van der Waals surface area contributed by atoms with Gasteiger partial charge in [0.25, 0.3) is 0 Å². The Bertz CT molecular complexity index is 248. The fraction of sp³-hybridized carbons (Fsp3) is 0.300. The van der Waals surface area contributed by atoms with Gasteiger partial charge < -0.3 is 4.79 Å². The van der Waals surface area contributed by atoms with E-state index in [1.807, 2.05) is 30.3 Å². The van der Waals surface area contributed by atoms with Crippen LogP contribution in [0.1, 0.15) is 12.5 Å². The Morgan fingerprint density at radius 1 is 1.46 bits per heavy atom. The van der Waals surface area contributed by atoms with Gasteiger partial charge in [-0.1, -0.05) is 30.3 Å². The summed E-state index contributed by atoms with van der Waals surface area (Å²) < 4.78 is 0. The van der Waals surface area contributed by atoms with Crippen molar-refractivity contribution < 1.29 is 9.63 Å². The van der Waals surface area contributed by atoms with Crippen molar-refractivity contribution >= 4 is 6.29 Å². The zero-order valence-corrected chi connectivity index (χ0v) is 7.57. The molecule has 1 atom stereocenters. The molecule has 0 radical (unpaired) electrons. The molecule has 0 bridgehead atoms. The first-order valence-corrected chi connectivity index (χ1v) is 4.19. The Morgan fingerprint density at radius 3 is 2.77 bits per heavy atom. The molecule has 0 aromatic heterocycles. The van der Waals surface area contributed by atoms with E-state index in [1.54, 1.807) is 6.92 Å². The van der Waals surface area contributed by atoms with E-state index in [2.05, 4.69) is 5.48 Å². The summed E-state index contributed by atoms with van der Waals surface area (Å²) in [6.45, 7) is 2.21. The fourth-order valence-corrected chi connectivity index (χ4v) is 0.858. The number of benzene rings is 1. The number of rotatable bonds is 5. The average Bonchev–Trinajstić information content (AvgIpc) is 2.19. The number of carbonyl (C=O) groups is 1. The van der Waals surface area contributed by atoms with Gasteiger partial charge >= 0.3 is 0 Å². The molecule has 0 saturated carbocycles. The largest absolute Gasteiger partial charge is 0.302 e. The molecule has 0 amide bonds. The first kappa shape index (κ1) is 9.89. The van der Waals surface area contributed by atoms with E-state index in [0.29, 0.717) is 6.61 Å². The normalized spacial score (nSPS) is 12.4. The minimum Gasteiger partial charge on any atom is -0.302 e. The Morgan fingerprint density at radius 2 is 2.15 bits per heavy atom. The maximum absolute atomic E-state index is 10.2. The second-order valence-corrected chi connectivity index (χ2v) is 2.82. The molecule has 0 aliphatic rings. The molecule has 0 spiro atoms. The van der Waals surface area contributed by atoms with Gasteiger partial charge in [-0.15, -0.1) is 0 Å². The number of hydrogen-bond acceptors (Lipinski definition) is 3. The molecular formula is C10H13NO2. The molecule has 0 heterocycles. The lowest BCUT2D eigenvalue weighted by Crippen LogP contribution is -2.27. The third kappa shape index (κ3) is 3.83. The van der Waals surface area contributed by atoms with Crippen molar-refractivity contribution in [3.05, 3.63) is 35.9 Å². The minimum atomic E-state index is -0.260. The van der Waals surface area contributed by atoms with Crippen molar-refractivity contribution in [2.45, 2.75) is 19.6 Å². The first-order valence-electron chi connectivity index (χ1n) is 4.19. The lowest BCUT2D eigenvalue weighted by molar-refractivity contribution is -0.113. The molecule has 0 saturated heterocycles. The van der Waals surface area contributed by atoms with Crippen LogP contribution in [0.2, 0.25) is 0 Å². The molecular weight excluding hydrogens is 166 g/mol. The summed E-state index contributed by atoms with van der Waals surface area (Å²) in [5.74, 6) is 0. The number of hydrogen-bond donors (Lipinski definition) is 1. The van der Waals surface area contributed by atoms with E-state index < -0.39 is 0 Å². The molecule has 1 N–H and O–H groups in total. The Labute approximate surface area is 77.7 Å². The van der Waals surface area contributed by atoms with Crippen molar-refractivity contribution in [2.75, 3.05) is 0 Å². The van der Waals surface area contributed by atoms with Gasteiger partial charge in [0.15, 0.2) is 0 Å². The van der Waals surface area contributed by atoms with Gasteiger partial charge in [0, 0.05) is 0 Å². The van der Waals surface area contributed by atoms with Crippen LogP contribution in [0, 0.1) is 0 Å². The quantitative estimate of drug-likeness (QED) is 0.547. The highest BCUT2D eigenvalue weighted by Crippen LogP contribution is 1.98. The van der Waals surface area contributed by atoms with Crippen molar-refractivity contribution in [2.24, 2.45) is 0 Å². The molecule has 0 aliphatic carbocycles. The highest BCUT2D eigenvalue weighted by atomic mass is 16.6. The number of nitrogens with one attached hydrogen (secondary N) is 1. The van der Waals surface area contributed by atoms with Crippen LogP contribution in [0.4, 0.5) is 0 Å². The van der Waals surface area contributed by atoms with Crippen molar-refractivity contribution in [3.8, 4) is 0 Å². The molecule has 1 aromatic rings. The molecule has 70 valence electrons. The second-order valence-electron chi connectivity index (χ2n) is 2.82. The summed E-state index contributed by atoms with van der Waals surface area (Å²) in [6, 6.07) is 9.51. The summed E-state index contributed by atoms with van der Waals surface area (Å²) in [7, 11) is 0. The summed E-state index contributed by atoms with van der Waals surface area (Å²) in [5, 5.41) is 0. The molecule has 1 rings (SSSR count). The topological polar surface area (TPSA) is 38.3 Å². The van der Waals surface area contributed by atoms with Crippen LogP contribution in [0.5, 0.6) is 0 Å². The van der Waals surface area contributed by atoms with E-state index in [9.17, 15) is 4.79 Å². The standard InChI is InChI=1S/C10H13NO2/c1-9(7-12)11-13-8-10-5-3-2-4-6-10/h2-7,9,11H,8H2,1H3/t9-/m0/s1. The monoisotopic (exact) mass is 179 g/mol. The van der Waals surface area contributed by atoms with Gasteiger partial charge in [-0.05, 0) is 12.5 Å². The van der Waals surface area contributed by atoms with E-state index in [1.165, 1.54) is 0 Å². The Kier molecular flexibility index (Phi) is 4.15. The van der Waals surface area contributed by atoms with Crippen LogP contribution >= 0.6 is 0 Å². The predicted molar refractivity (Wildman–Crippen MR) is 49.9 cm³/mol. The van der Waals surface area contributed by atoms with Gasteiger partial charge in [-0.3, -0.25) is 4.84 Å². The van der Waals surface area contributed by atoms with E-state index in [-0.39, 0.29) is 6.04 Å². The Balaban J connectivity index is 2.24. The van der Waals surface area contributed by atoms with E-state index in [0.717, 1.165) is 11.8 Å². The molecule has 0 fully saturated rings. The van der Waals surface area contributed by atoms with Gasteiger partial charge in [-0.2, -0.15) is 5.48 Å². The highest BCUT2D eigenvalue weighted by Gasteiger charge is 1.97. The van der Waals surface area contributed by atoms with Gasteiger partial charge in [-0.25, -0.2) is 0 Å². The highest BCUT2D eigenvalue weighted by molar-refractivity contribution is 5.56. The van der Waals surface area contributed by atoms with Crippen molar-refractivity contribution in [3.63, 3.8) is 0 Å². The van der Waals surface area contributed by atoms with E-state index in [4.69, 9.17) is 4.84 Å². The van der Waals surface area contributed by atoms with E-state index >= 15 is 0 Å². The van der Waals surface area contributed by atoms with Crippen molar-refractivity contribution in [1.82, 2.24) is 5.48 Å². The maximum Gasteiger partial charge on any atom is 0.138 e. The zero-order chi connectivity index (χ0) is 9.52. The van der Waals surface area contributed by atoms with Gasteiger partial charge in [0.05, 0.1) is 12.6 Å². The third-order valence-electron chi connectivity index (χ3n) is 1.56. The molecule has 1 aromatic carbocycles. The molecule has 13 heavy (non-hydrogen) atoms. The lowest BCUT2D eigenvalue weighted by atomic mass is 10.2. The maximum atomic E-state index is 10.2. The van der Waals surface area contributed by atoms with Crippen LogP contribution in [0.15, 0.2) is 30.3 Å². The zero-order valence-electron chi connectivity index (χ0n) is 7.57. The Hall–Kier alpha value is -1.19.